The van der Waals surface area contributed by atoms with E-state index < -0.39 is 13.9 Å². The van der Waals surface area contributed by atoms with Gasteiger partial charge in [0.2, 0.25) is 0 Å². The lowest BCUT2D eigenvalue weighted by Crippen LogP contribution is -2.16. The van der Waals surface area contributed by atoms with Crippen molar-refractivity contribution in [2.24, 2.45) is 0 Å². The van der Waals surface area contributed by atoms with E-state index in [1.165, 1.54) is 12.1 Å². The number of nitriles is 1. The van der Waals surface area contributed by atoms with E-state index in [2.05, 4.69) is 36.2 Å². The quantitative estimate of drug-likeness (QED) is 0.598. The van der Waals surface area contributed by atoms with Gasteiger partial charge in [-0.1, -0.05) is 25.6 Å². The molecule has 0 aliphatic heterocycles. The number of benzene rings is 1. The first kappa shape index (κ1) is 15.0. The smallest absolute Gasteiger partial charge is 0.129 e. The van der Waals surface area contributed by atoms with Gasteiger partial charge >= 0.3 is 0 Å². The van der Waals surface area contributed by atoms with E-state index in [1.807, 2.05) is 13.0 Å². The largest absolute Gasteiger partial charge is 0.237 e. The minimum atomic E-state index is -1.46. The Morgan fingerprint density at radius 1 is 1.24 bits per heavy atom. The maximum atomic E-state index is 13.5. The van der Waals surface area contributed by atoms with Crippen LogP contribution in [0.1, 0.15) is 16.8 Å². The molecule has 0 N–H and O–H groups in total. The van der Waals surface area contributed by atoms with Crippen molar-refractivity contribution in [3.8, 4) is 23.2 Å². The van der Waals surface area contributed by atoms with Gasteiger partial charge < -0.3 is 0 Å². The molecular formula is C16H16FN3Si. The average Bonchev–Trinajstić information content (AvgIpc) is 2.76. The van der Waals surface area contributed by atoms with Crippen LogP contribution in [-0.2, 0) is 0 Å². The summed E-state index contributed by atoms with van der Waals surface area (Å²) in [4.78, 5) is 0. The Hall–Kier alpha value is -2.37. The molecule has 3 nitrogen and oxygen atoms in total. The van der Waals surface area contributed by atoms with Crippen molar-refractivity contribution in [1.29, 1.82) is 5.26 Å². The first-order chi connectivity index (χ1) is 9.80. The van der Waals surface area contributed by atoms with Gasteiger partial charge in [0.1, 0.15) is 13.9 Å². The van der Waals surface area contributed by atoms with Crippen LogP contribution in [0.15, 0.2) is 24.4 Å². The third kappa shape index (κ3) is 3.59. The summed E-state index contributed by atoms with van der Waals surface area (Å²) in [5.74, 6) is 2.71. The second-order valence-electron chi connectivity index (χ2n) is 5.87. The van der Waals surface area contributed by atoms with E-state index in [0.717, 1.165) is 11.3 Å². The molecule has 5 heteroatoms. The molecule has 0 radical (unpaired) electrons. The fourth-order valence-electron chi connectivity index (χ4n) is 1.81. The van der Waals surface area contributed by atoms with Crippen LogP contribution in [0.2, 0.25) is 19.6 Å². The lowest BCUT2D eigenvalue weighted by Gasteiger charge is -2.05. The monoisotopic (exact) mass is 297 g/mol. The molecule has 0 saturated carbocycles. The summed E-state index contributed by atoms with van der Waals surface area (Å²) in [6.45, 7) is 8.40. The van der Waals surface area contributed by atoms with Gasteiger partial charge in [-0.25, -0.2) is 9.07 Å². The summed E-state index contributed by atoms with van der Waals surface area (Å²) in [6.07, 6.45) is 1.68. The molecule has 21 heavy (non-hydrogen) atoms. The zero-order chi connectivity index (χ0) is 15.6. The van der Waals surface area contributed by atoms with Crippen LogP contribution >= 0.6 is 0 Å². The van der Waals surface area contributed by atoms with Crippen LogP contribution in [-0.4, -0.2) is 17.9 Å². The van der Waals surface area contributed by atoms with Gasteiger partial charge in [0.05, 0.1) is 34.8 Å². The minimum absolute atomic E-state index is 0.273. The second-order valence-corrected chi connectivity index (χ2v) is 10.6. The van der Waals surface area contributed by atoms with Gasteiger partial charge in [-0.3, -0.25) is 0 Å². The normalized spacial score (nSPS) is 10.7. The highest BCUT2D eigenvalue weighted by Crippen LogP contribution is 2.17. The van der Waals surface area contributed by atoms with Crippen molar-refractivity contribution in [2.45, 2.75) is 26.6 Å². The standard InChI is InChI=1S/C16H16FN3Si/c1-12-14(5-6-21(2,3)4)11-19-20(12)16-8-13(10-18)7-15(17)9-16/h7-9,11H,1-4H3. The van der Waals surface area contributed by atoms with Gasteiger partial charge in [0, 0.05) is 0 Å². The van der Waals surface area contributed by atoms with E-state index in [1.54, 1.807) is 16.9 Å². The third-order valence-electron chi connectivity index (χ3n) is 2.84. The zero-order valence-corrected chi connectivity index (χ0v) is 13.5. The highest BCUT2D eigenvalue weighted by Gasteiger charge is 2.11. The van der Waals surface area contributed by atoms with Crippen molar-refractivity contribution in [3.05, 3.63) is 47.0 Å². The van der Waals surface area contributed by atoms with E-state index in [-0.39, 0.29) is 5.56 Å². The topological polar surface area (TPSA) is 41.6 Å². The van der Waals surface area contributed by atoms with Gasteiger partial charge in [0.25, 0.3) is 0 Å². The molecule has 0 aliphatic rings. The molecule has 2 rings (SSSR count). The SMILES string of the molecule is Cc1c(C#C[Si](C)(C)C)cnn1-c1cc(F)cc(C#N)c1. The molecule has 0 aliphatic carbocycles. The molecule has 2 aromatic rings. The molecule has 0 atom stereocenters. The molecule has 1 aromatic carbocycles. The fourth-order valence-corrected chi connectivity index (χ4v) is 2.32. The van der Waals surface area contributed by atoms with Crippen LogP contribution in [0.25, 0.3) is 5.69 Å². The van der Waals surface area contributed by atoms with Gasteiger partial charge in [0.15, 0.2) is 0 Å². The van der Waals surface area contributed by atoms with Crippen molar-refractivity contribution in [1.82, 2.24) is 9.78 Å². The molecule has 0 fully saturated rings. The Morgan fingerprint density at radius 2 is 1.95 bits per heavy atom. The molecule has 1 aromatic heterocycles. The highest BCUT2D eigenvalue weighted by molar-refractivity contribution is 6.83. The maximum absolute atomic E-state index is 13.5. The van der Waals surface area contributed by atoms with Crippen molar-refractivity contribution >= 4 is 8.07 Å². The van der Waals surface area contributed by atoms with E-state index >= 15 is 0 Å². The maximum Gasteiger partial charge on any atom is 0.129 e. The molecule has 0 saturated heterocycles. The number of halogens is 1. The Balaban J connectivity index is 2.48. The lowest BCUT2D eigenvalue weighted by atomic mass is 10.2. The Morgan fingerprint density at radius 3 is 2.57 bits per heavy atom. The molecule has 0 bridgehead atoms. The number of aromatic nitrogens is 2. The number of hydrogen-bond donors (Lipinski definition) is 0. The molecule has 0 spiro atoms. The number of rotatable bonds is 1. The van der Waals surface area contributed by atoms with Crippen LogP contribution in [0.4, 0.5) is 4.39 Å². The second kappa shape index (κ2) is 5.55. The zero-order valence-electron chi connectivity index (χ0n) is 12.5. The summed E-state index contributed by atoms with van der Waals surface area (Å²) >= 11 is 0. The third-order valence-corrected chi connectivity index (χ3v) is 3.71. The van der Waals surface area contributed by atoms with E-state index in [4.69, 9.17) is 5.26 Å². The Kier molecular flexibility index (Phi) is 3.97. The van der Waals surface area contributed by atoms with Crippen LogP contribution in [0.3, 0.4) is 0 Å². The van der Waals surface area contributed by atoms with Crippen LogP contribution in [0.5, 0.6) is 0 Å². The number of nitrogens with zero attached hydrogens (tertiary/aromatic N) is 3. The molecule has 106 valence electrons. The average molecular weight is 297 g/mol. The van der Waals surface area contributed by atoms with Gasteiger partial charge in [-0.05, 0) is 25.1 Å². The first-order valence-electron chi connectivity index (χ1n) is 6.59. The summed E-state index contributed by atoms with van der Waals surface area (Å²) in [5, 5.41) is 13.2. The summed E-state index contributed by atoms with van der Waals surface area (Å²) in [5.41, 5.74) is 5.77. The summed E-state index contributed by atoms with van der Waals surface area (Å²) < 4.78 is 15.1. The predicted molar refractivity (Wildman–Crippen MR) is 83.2 cm³/mol. The molecule has 0 amide bonds. The minimum Gasteiger partial charge on any atom is -0.237 e. The van der Waals surface area contributed by atoms with Crippen molar-refractivity contribution < 1.29 is 4.39 Å². The van der Waals surface area contributed by atoms with Crippen molar-refractivity contribution in [2.75, 3.05) is 0 Å². The molecule has 0 unspecified atom stereocenters. The Labute approximate surface area is 125 Å². The summed E-state index contributed by atoms with van der Waals surface area (Å²) in [7, 11) is -1.46. The van der Waals surface area contributed by atoms with Crippen molar-refractivity contribution in [3.63, 3.8) is 0 Å². The van der Waals surface area contributed by atoms with Crippen LogP contribution < -0.4 is 0 Å². The molecule has 1 heterocycles. The summed E-state index contributed by atoms with van der Waals surface area (Å²) in [6, 6.07) is 6.12. The highest BCUT2D eigenvalue weighted by atomic mass is 28.3. The lowest BCUT2D eigenvalue weighted by molar-refractivity contribution is 0.624. The predicted octanol–water partition coefficient (Wildman–Crippen LogP) is 3.42. The number of hydrogen-bond acceptors (Lipinski definition) is 2. The van der Waals surface area contributed by atoms with Gasteiger partial charge in [-0.15, -0.1) is 5.54 Å². The molecular weight excluding hydrogens is 281 g/mol. The van der Waals surface area contributed by atoms with Gasteiger partial charge in [-0.2, -0.15) is 10.4 Å². The fraction of sp³-hybridized carbons (Fsp3) is 0.250. The Bertz CT molecular complexity index is 783. The first-order valence-corrected chi connectivity index (χ1v) is 10.1. The van der Waals surface area contributed by atoms with E-state index in [0.29, 0.717) is 5.69 Å². The van der Waals surface area contributed by atoms with Crippen LogP contribution in [0, 0.1) is 35.5 Å². The van der Waals surface area contributed by atoms with E-state index in [9.17, 15) is 4.39 Å².